The van der Waals surface area contributed by atoms with Crippen molar-refractivity contribution in [1.29, 1.82) is 0 Å². The van der Waals surface area contributed by atoms with Crippen LogP contribution in [0.3, 0.4) is 0 Å². The number of methoxy groups -OCH3 is 1. The number of amides is 3. The summed E-state index contributed by atoms with van der Waals surface area (Å²) >= 11 is 0. The van der Waals surface area contributed by atoms with Crippen LogP contribution in [0.25, 0.3) is 10.9 Å². The summed E-state index contributed by atoms with van der Waals surface area (Å²) in [6.45, 7) is 4.91. The van der Waals surface area contributed by atoms with Crippen molar-refractivity contribution in [3.05, 3.63) is 65.4 Å². The standard InChI is InChI=1S/C28H31N5O4/c1-29-16-19(14-18-10-12-30-26(18)34)31-27(35)25-20-7-4-3-6-17(20)11-13-33(25)28(36)23-15-21-22(32-23)8-5-9-24(21)37-2/h3-9,15,18-19,25,32H,1,10-14,16H2,2H3,(H,30,34)(H,31,35)/t18-,19-,25-/m0/s1. The average molecular weight is 502 g/mol. The molecule has 5 rings (SSSR count). The van der Waals surface area contributed by atoms with E-state index in [0.717, 1.165) is 28.5 Å². The summed E-state index contributed by atoms with van der Waals surface area (Å²) in [4.78, 5) is 48.6. The number of nitrogens with zero attached hydrogens (tertiary/aromatic N) is 2. The molecule has 37 heavy (non-hydrogen) atoms. The van der Waals surface area contributed by atoms with Crippen molar-refractivity contribution in [2.75, 3.05) is 26.7 Å². The van der Waals surface area contributed by atoms with Gasteiger partial charge in [0.15, 0.2) is 0 Å². The highest BCUT2D eigenvalue weighted by atomic mass is 16.5. The Hall–Kier alpha value is -4.14. The molecule has 2 aromatic carbocycles. The highest BCUT2D eigenvalue weighted by Crippen LogP contribution is 2.33. The van der Waals surface area contributed by atoms with E-state index in [2.05, 4.69) is 27.3 Å². The number of ether oxygens (including phenoxy) is 1. The highest BCUT2D eigenvalue weighted by molar-refractivity contribution is 6.02. The third-order valence-electron chi connectivity index (χ3n) is 7.29. The smallest absolute Gasteiger partial charge is 0.271 e. The number of rotatable bonds is 8. The van der Waals surface area contributed by atoms with Crippen molar-refractivity contribution >= 4 is 35.3 Å². The van der Waals surface area contributed by atoms with Crippen LogP contribution in [-0.2, 0) is 16.0 Å². The molecule has 1 aromatic heterocycles. The molecular formula is C28H31N5O4. The summed E-state index contributed by atoms with van der Waals surface area (Å²) in [6.07, 6.45) is 1.85. The van der Waals surface area contributed by atoms with Gasteiger partial charge in [-0.3, -0.25) is 19.4 Å². The van der Waals surface area contributed by atoms with Gasteiger partial charge in [0.1, 0.15) is 17.5 Å². The first-order valence-electron chi connectivity index (χ1n) is 12.5. The molecule has 0 bridgehead atoms. The third kappa shape index (κ3) is 4.81. The van der Waals surface area contributed by atoms with Gasteiger partial charge >= 0.3 is 0 Å². The molecule has 3 atom stereocenters. The molecule has 2 aliphatic heterocycles. The van der Waals surface area contributed by atoms with Crippen LogP contribution in [0.2, 0.25) is 0 Å². The van der Waals surface area contributed by atoms with Crippen LogP contribution in [0.4, 0.5) is 0 Å². The van der Waals surface area contributed by atoms with Crippen LogP contribution in [-0.4, -0.2) is 67.1 Å². The van der Waals surface area contributed by atoms with E-state index in [9.17, 15) is 14.4 Å². The minimum absolute atomic E-state index is 0.00244. The zero-order chi connectivity index (χ0) is 25.9. The maximum absolute atomic E-state index is 13.8. The molecule has 0 unspecified atom stereocenters. The molecule has 0 aliphatic carbocycles. The van der Waals surface area contributed by atoms with Gasteiger partial charge in [-0.05, 0) is 55.3 Å². The topological polar surface area (TPSA) is 116 Å². The Morgan fingerprint density at radius 3 is 2.84 bits per heavy atom. The lowest BCUT2D eigenvalue weighted by molar-refractivity contribution is -0.128. The summed E-state index contributed by atoms with van der Waals surface area (Å²) in [7, 11) is 1.59. The quantitative estimate of drug-likeness (QED) is 0.412. The summed E-state index contributed by atoms with van der Waals surface area (Å²) in [5.41, 5.74) is 3.02. The fraction of sp³-hybridized carbons (Fsp3) is 0.357. The number of aliphatic imine (C=N–C) groups is 1. The zero-order valence-corrected chi connectivity index (χ0v) is 20.8. The van der Waals surface area contributed by atoms with E-state index >= 15 is 0 Å². The Balaban J connectivity index is 1.45. The van der Waals surface area contributed by atoms with Gasteiger partial charge in [0.2, 0.25) is 11.8 Å². The Labute approximate surface area is 215 Å². The fourth-order valence-electron chi connectivity index (χ4n) is 5.47. The first-order chi connectivity index (χ1) is 18.0. The van der Waals surface area contributed by atoms with E-state index in [1.54, 1.807) is 18.1 Å². The van der Waals surface area contributed by atoms with Crippen molar-refractivity contribution < 1.29 is 19.1 Å². The average Bonchev–Trinajstić information content (AvgIpc) is 3.53. The minimum Gasteiger partial charge on any atom is -0.496 e. The SMILES string of the molecule is C=NC[C@H](C[C@@H]1CCNC1=O)NC(=O)[C@@H]1c2ccccc2CCN1C(=O)c1cc2c(OC)cccc2[nH]1. The van der Waals surface area contributed by atoms with Gasteiger partial charge in [-0.15, -0.1) is 0 Å². The summed E-state index contributed by atoms with van der Waals surface area (Å²) in [5, 5.41) is 6.73. The van der Waals surface area contributed by atoms with Gasteiger partial charge in [0.05, 0.1) is 13.7 Å². The number of aromatic nitrogens is 1. The number of nitrogens with one attached hydrogen (secondary N) is 3. The largest absolute Gasteiger partial charge is 0.496 e. The highest BCUT2D eigenvalue weighted by Gasteiger charge is 2.38. The minimum atomic E-state index is -0.810. The zero-order valence-electron chi connectivity index (χ0n) is 20.8. The molecule has 3 amide bonds. The number of fused-ring (bicyclic) bond motifs is 2. The molecule has 3 N–H and O–H groups in total. The maximum Gasteiger partial charge on any atom is 0.271 e. The van der Waals surface area contributed by atoms with E-state index in [1.807, 2.05) is 42.5 Å². The second-order valence-corrected chi connectivity index (χ2v) is 9.58. The van der Waals surface area contributed by atoms with E-state index in [0.29, 0.717) is 43.9 Å². The van der Waals surface area contributed by atoms with Gasteiger partial charge in [-0.1, -0.05) is 30.3 Å². The fourth-order valence-corrected chi connectivity index (χ4v) is 5.47. The lowest BCUT2D eigenvalue weighted by Gasteiger charge is -2.37. The summed E-state index contributed by atoms with van der Waals surface area (Å²) in [6, 6.07) is 13.9. The van der Waals surface area contributed by atoms with Crippen molar-refractivity contribution in [2.45, 2.75) is 31.3 Å². The van der Waals surface area contributed by atoms with E-state index in [4.69, 9.17) is 4.74 Å². The Bertz CT molecular complexity index is 1350. The number of carbonyl (C=O) groups is 3. The lowest BCUT2D eigenvalue weighted by atomic mass is 9.91. The first kappa shape index (κ1) is 24.5. The Morgan fingerprint density at radius 2 is 2.08 bits per heavy atom. The normalized spacial score (nSPS) is 19.7. The molecule has 0 saturated carbocycles. The predicted octanol–water partition coefficient (Wildman–Crippen LogP) is 2.63. The van der Waals surface area contributed by atoms with Crippen molar-refractivity contribution in [1.82, 2.24) is 20.5 Å². The molecule has 192 valence electrons. The molecule has 2 aliphatic rings. The first-order valence-corrected chi connectivity index (χ1v) is 12.5. The van der Waals surface area contributed by atoms with Gasteiger partial charge in [-0.25, -0.2) is 0 Å². The van der Waals surface area contributed by atoms with Gasteiger partial charge < -0.3 is 25.3 Å². The second-order valence-electron chi connectivity index (χ2n) is 9.58. The molecule has 9 heteroatoms. The second kappa shape index (κ2) is 10.5. The number of H-pyrrole nitrogens is 1. The van der Waals surface area contributed by atoms with Crippen LogP contribution >= 0.6 is 0 Å². The van der Waals surface area contributed by atoms with Crippen LogP contribution < -0.4 is 15.4 Å². The van der Waals surface area contributed by atoms with Gasteiger partial charge in [0.25, 0.3) is 5.91 Å². The van der Waals surface area contributed by atoms with Crippen molar-refractivity contribution in [2.24, 2.45) is 10.9 Å². The molecule has 1 fully saturated rings. The molecule has 3 heterocycles. The summed E-state index contributed by atoms with van der Waals surface area (Å²) < 4.78 is 5.45. The van der Waals surface area contributed by atoms with E-state index < -0.39 is 6.04 Å². The van der Waals surface area contributed by atoms with E-state index in [-0.39, 0.29) is 29.7 Å². The molecule has 0 spiro atoms. The summed E-state index contributed by atoms with van der Waals surface area (Å²) in [5.74, 6) is -0.0633. The van der Waals surface area contributed by atoms with E-state index in [1.165, 1.54) is 0 Å². The number of hydrogen-bond acceptors (Lipinski definition) is 5. The number of carbonyl (C=O) groups excluding carboxylic acids is 3. The molecular weight excluding hydrogens is 470 g/mol. The number of aromatic amines is 1. The number of hydrogen-bond donors (Lipinski definition) is 3. The third-order valence-corrected chi connectivity index (χ3v) is 7.29. The monoisotopic (exact) mass is 501 g/mol. The Kier molecular flexibility index (Phi) is 6.94. The molecule has 0 radical (unpaired) electrons. The van der Waals surface area contributed by atoms with Crippen LogP contribution in [0.5, 0.6) is 5.75 Å². The van der Waals surface area contributed by atoms with Crippen LogP contribution in [0, 0.1) is 5.92 Å². The molecule has 9 nitrogen and oxygen atoms in total. The molecule has 1 saturated heterocycles. The lowest BCUT2D eigenvalue weighted by Crippen LogP contribution is -2.50. The molecule has 3 aromatic rings. The van der Waals surface area contributed by atoms with Crippen LogP contribution in [0.15, 0.2) is 53.5 Å². The van der Waals surface area contributed by atoms with Crippen molar-refractivity contribution in [3.8, 4) is 5.75 Å². The predicted molar refractivity (Wildman–Crippen MR) is 141 cm³/mol. The Morgan fingerprint density at radius 1 is 1.24 bits per heavy atom. The van der Waals surface area contributed by atoms with Gasteiger partial charge in [0, 0.05) is 36.0 Å². The maximum atomic E-state index is 13.8. The number of benzene rings is 2. The van der Waals surface area contributed by atoms with Gasteiger partial charge in [-0.2, -0.15) is 0 Å². The van der Waals surface area contributed by atoms with Crippen LogP contribution in [0.1, 0.15) is 40.5 Å². The van der Waals surface area contributed by atoms with Crippen molar-refractivity contribution in [3.63, 3.8) is 0 Å².